The summed E-state index contributed by atoms with van der Waals surface area (Å²) in [4.78, 5) is 4.59. The summed E-state index contributed by atoms with van der Waals surface area (Å²) in [5.41, 5.74) is 5.99. The molecular weight excluding hydrogens is 234 g/mol. The van der Waals surface area contributed by atoms with Gasteiger partial charge >= 0.3 is 0 Å². The van der Waals surface area contributed by atoms with Crippen LogP contribution < -0.4 is 0 Å². The minimum Gasteiger partial charge on any atom is -0.508 e. The molecule has 0 spiro atoms. The molecule has 1 aliphatic carbocycles. The molecule has 0 unspecified atom stereocenters. The van der Waals surface area contributed by atoms with Gasteiger partial charge in [-0.25, -0.2) is 0 Å². The van der Waals surface area contributed by atoms with E-state index in [4.69, 9.17) is 0 Å². The molecule has 96 valence electrons. The number of fused-ring (bicyclic) bond motifs is 1. The summed E-state index contributed by atoms with van der Waals surface area (Å²) in [6.07, 6.45) is 7.41. The zero-order valence-corrected chi connectivity index (χ0v) is 11.1. The second kappa shape index (κ2) is 4.88. The summed E-state index contributed by atoms with van der Waals surface area (Å²) < 4.78 is 0. The number of nitrogens with zero attached hydrogens (tertiary/aromatic N) is 1. The summed E-state index contributed by atoms with van der Waals surface area (Å²) in [5, 5.41) is 9.53. The number of rotatable bonds is 1. The maximum Gasteiger partial charge on any atom is 0.116 e. The lowest BCUT2D eigenvalue weighted by molar-refractivity contribution is 0.475. The van der Waals surface area contributed by atoms with Crippen LogP contribution in [-0.2, 0) is 6.42 Å². The molecule has 2 aromatic rings. The Morgan fingerprint density at radius 3 is 2.95 bits per heavy atom. The second-order valence-corrected chi connectivity index (χ2v) is 5.14. The maximum absolute atomic E-state index is 9.53. The molecule has 0 saturated carbocycles. The number of aryl methyl sites for hydroxylation is 2. The predicted molar refractivity (Wildman–Crippen MR) is 77.9 cm³/mol. The van der Waals surface area contributed by atoms with Crippen LogP contribution in [0.3, 0.4) is 0 Å². The average Bonchev–Trinajstić information content (AvgIpc) is 2.38. The Labute approximate surface area is 113 Å². The Bertz CT molecular complexity index is 643. The Hall–Kier alpha value is -2.09. The lowest BCUT2D eigenvalue weighted by atomic mass is 9.89. The molecule has 3 rings (SSSR count). The fraction of sp³-hybridized carbons (Fsp3) is 0.235. The van der Waals surface area contributed by atoms with Gasteiger partial charge in [-0.15, -0.1) is 0 Å². The van der Waals surface area contributed by atoms with Crippen LogP contribution in [0.15, 0.2) is 36.5 Å². The predicted octanol–water partition coefficient (Wildman–Crippen LogP) is 3.97. The molecule has 2 heteroatoms. The SMILES string of the molecule is Cc1cnc2c(c1)CCC/C2=C/c1cccc(O)c1. The van der Waals surface area contributed by atoms with Crippen molar-refractivity contribution in [3.8, 4) is 5.75 Å². The van der Waals surface area contributed by atoms with E-state index in [-0.39, 0.29) is 0 Å². The van der Waals surface area contributed by atoms with E-state index in [2.05, 4.69) is 24.1 Å². The van der Waals surface area contributed by atoms with E-state index in [1.807, 2.05) is 18.3 Å². The first kappa shape index (κ1) is 12.0. The van der Waals surface area contributed by atoms with Gasteiger partial charge in [0.25, 0.3) is 0 Å². The first-order valence-electron chi connectivity index (χ1n) is 6.68. The van der Waals surface area contributed by atoms with Crippen molar-refractivity contribution < 1.29 is 5.11 Å². The number of pyridine rings is 1. The minimum absolute atomic E-state index is 0.308. The molecule has 0 bridgehead atoms. The molecule has 1 aromatic carbocycles. The molecule has 0 fully saturated rings. The van der Waals surface area contributed by atoms with Crippen LogP contribution in [0.2, 0.25) is 0 Å². The highest BCUT2D eigenvalue weighted by atomic mass is 16.3. The highest BCUT2D eigenvalue weighted by Crippen LogP contribution is 2.31. The van der Waals surface area contributed by atoms with Gasteiger partial charge in [0.1, 0.15) is 5.75 Å². The van der Waals surface area contributed by atoms with Crippen molar-refractivity contribution in [2.45, 2.75) is 26.2 Å². The Morgan fingerprint density at radius 2 is 2.11 bits per heavy atom. The third-order valence-corrected chi connectivity index (χ3v) is 3.51. The third kappa shape index (κ3) is 2.53. The molecule has 19 heavy (non-hydrogen) atoms. The number of aromatic nitrogens is 1. The highest BCUT2D eigenvalue weighted by molar-refractivity contribution is 5.82. The van der Waals surface area contributed by atoms with Crippen LogP contribution >= 0.6 is 0 Å². The van der Waals surface area contributed by atoms with Crippen molar-refractivity contribution in [1.82, 2.24) is 4.98 Å². The highest BCUT2D eigenvalue weighted by Gasteiger charge is 2.15. The van der Waals surface area contributed by atoms with Crippen molar-refractivity contribution in [1.29, 1.82) is 0 Å². The third-order valence-electron chi connectivity index (χ3n) is 3.51. The van der Waals surface area contributed by atoms with Gasteiger partial charge in [-0.1, -0.05) is 18.2 Å². The summed E-state index contributed by atoms with van der Waals surface area (Å²) in [7, 11) is 0. The lowest BCUT2D eigenvalue weighted by Crippen LogP contribution is -2.04. The van der Waals surface area contributed by atoms with Gasteiger partial charge in [-0.2, -0.15) is 0 Å². The van der Waals surface area contributed by atoms with E-state index in [0.717, 1.165) is 24.1 Å². The fourth-order valence-corrected chi connectivity index (χ4v) is 2.65. The second-order valence-electron chi connectivity index (χ2n) is 5.14. The molecule has 0 aliphatic heterocycles. The van der Waals surface area contributed by atoms with E-state index in [1.165, 1.54) is 23.1 Å². The molecule has 0 radical (unpaired) electrons. The molecule has 1 heterocycles. The van der Waals surface area contributed by atoms with Crippen molar-refractivity contribution in [2.24, 2.45) is 0 Å². The number of aromatic hydroxyl groups is 1. The van der Waals surface area contributed by atoms with Gasteiger partial charge in [-0.3, -0.25) is 4.98 Å². The molecule has 0 atom stereocenters. The van der Waals surface area contributed by atoms with E-state index in [1.54, 1.807) is 12.1 Å². The van der Waals surface area contributed by atoms with Crippen molar-refractivity contribution in [2.75, 3.05) is 0 Å². The van der Waals surface area contributed by atoms with Crippen LogP contribution in [0.25, 0.3) is 11.6 Å². The lowest BCUT2D eigenvalue weighted by Gasteiger charge is -2.18. The summed E-state index contributed by atoms with van der Waals surface area (Å²) in [6.45, 7) is 2.08. The molecule has 1 aliphatic rings. The number of phenolic OH excluding ortho intramolecular Hbond substituents is 1. The van der Waals surface area contributed by atoms with Gasteiger partial charge in [-0.05, 0) is 66.7 Å². The molecular formula is C17H17NO. The van der Waals surface area contributed by atoms with Crippen molar-refractivity contribution >= 4 is 11.6 Å². The molecule has 1 aromatic heterocycles. The van der Waals surface area contributed by atoms with Gasteiger partial charge in [0, 0.05) is 6.20 Å². The molecule has 0 amide bonds. The van der Waals surface area contributed by atoms with Gasteiger partial charge < -0.3 is 5.11 Å². The number of hydrogen-bond donors (Lipinski definition) is 1. The van der Waals surface area contributed by atoms with Gasteiger partial charge in [0.2, 0.25) is 0 Å². The van der Waals surface area contributed by atoms with Gasteiger partial charge in [0.15, 0.2) is 0 Å². The number of allylic oxidation sites excluding steroid dienone is 1. The van der Waals surface area contributed by atoms with Gasteiger partial charge in [0.05, 0.1) is 5.69 Å². The monoisotopic (exact) mass is 251 g/mol. The molecule has 0 saturated heterocycles. The van der Waals surface area contributed by atoms with E-state index < -0.39 is 0 Å². The topological polar surface area (TPSA) is 33.1 Å². The number of hydrogen-bond acceptors (Lipinski definition) is 2. The zero-order chi connectivity index (χ0) is 13.2. The first-order chi connectivity index (χ1) is 9.22. The Kier molecular flexibility index (Phi) is 3.08. The van der Waals surface area contributed by atoms with Crippen molar-refractivity contribution in [3.63, 3.8) is 0 Å². The van der Waals surface area contributed by atoms with Crippen LogP contribution in [0.5, 0.6) is 5.75 Å². The average molecular weight is 251 g/mol. The van der Waals surface area contributed by atoms with Crippen LogP contribution in [0.1, 0.15) is 35.2 Å². The van der Waals surface area contributed by atoms with Crippen LogP contribution in [-0.4, -0.2) is 10.1 Å². The summed E-state index contributed by atoms with van der Waals surface area (Å²) >= 11 is 0. The zero-order valence-electron chi connectivity index (χ0n) is 11.1. The minimum atomic E-state index is 0.308. The summed E-state index contributed by atoms with van der Waals surface area (Å²) in [5.74, 6) is 0.308. The smallest absolute Gasteiger partial charge is 0.116 e. The molecule has 2 nitrogen and oxygen atoms in total. The Morgan fingerprint density at radius 1 is 1.21 bits per heavy atom. The number of phenols is 1. The largest absolute Gasteiger partial charge is 0.508 e. The standard InChI is InChI=1S/C17H17NO/c1-12-8-14-5-3-6-15(17(14)18-11-12)9-13-4-2-7-16(19)10-13/h2,4,7-11,19H,3,5-6H2,1H3/b15-9-. The Balaban J connectivity index is 2.04. The first-order valence-corrected chi connectivity index (χ1v) is 6.68. The van der Waals surface area contributed by atoms with Crippen molar-refractivity contribution in [3.05, 3.63) is 58.9 Å². The quantitative estimate of drug-likeness (QED) is 0.831. The molecule has 1 N–H and O–H groups in total. The maximum atomic E-state index is 9.53. The van der Waals surface area contributed by atoms with Crippen LogP contribution in [0, 0.1) is 6.92 Å². The normalized spacial score (nSPS) is 16.4. The summed E-state index contributed by atoms with van der Waals surface area (Å²) in [6, 6.07) is 9.59. The number of benzene rings is 1. The van der Waals surface area contributed by atoms with E-state index in [0.29, 0.717) is 5.75 Å². The van der Waals surface area contributed by atoms with E-state index in [9.17, 15) is 5.11 Å². The van der Waals surface area contributed by atoms with Crippen LogP contribution in [0.4, 0.5) is 0 Å². The van der Waals surface area contributed by atoms with E-state index >= 15 is 0 Å². The fourth-order valence-electron chi connectivity index (χ4n) is 2.65.